The molecule has 5 heteroatoms. The molecule has 0 aliphatic heterocycles. The van der Waals surface area contributed by atoms with Gasteiger partial charge in [0.25, 0.3) is 0 Å². The average Bonchev–Trinajstić information content (AvgIpc) is 2.75. The molecule has 0 radical (unpaired) electrons. The minimum absolute atomic E-state index is 0.0184. The molecule has 0 unspecified atom stereocenters. The largest absolute Gasteiger partial charge is 0.481 e. The van der Waals surface area contributed by atoms with Crippen molar-refractivity contribution in [2.75, 3.05) is 0 Å². The summed E-state index contributed by atoms with van der Waals surface area (Å²) < 4.78 is 1.54. The van der Waals surface area contributed by atoms with Crippen LogP contribution in [0.25, 0.3) is 11.0 Å². The molecule has 0 amide bonds. The summed E-state index contributed by atoms with van der Waals surface area (Å²) in [6, 6.07) is 7.38. The van der Waals surface area contributed by atoms with Crippen LogP contribution in [0.5, 0.6) is 0 Å². The van der Waals surface area contributed by atoms with Crippen LogP contribution in [0.1, 0.15) is 43.2 Å². The molecule has 2 rings (SSSR count). The number of hydrogen-bond donors (Lipinski definition) is 1. The van der Waals surface area contributed by atoms with E-state index in [1.54, 1.807) is 4.57 Å². The number of nitrogens with zero attached hydrogens (tertiary/aromatic N) is 2. The maximum atomic E-state index is 12.2. The van der Waals surface area contributed by atoms with Crippen LogP contribution in [0.4, 0.5) is 0 Å². The molecular formula is C14H16N2O3. The zero-order chi connectivity index (χ0) is 14.0. The second-order valence-electron chi connectivity index (χ2n) is 4.74. The van der Waals surface area contributed by atoms with Gasteiger partial charge in [0.2, 0.25) is 5.91 Å². The molecule has 0 saturated heterocycles. The molecule has 19 heavy (non-hydrogen) atoms. The lowest BCUT2D eigenvalue weighted by Crippen LogP contribution is -2.16. The lowest BCUT2D eigenvalue weighted by Gasteiger charge is -2.09. The number of para-hydroxylation sites is 2. The molecule has 1 heterocycles. The summed E-state index contributed by atoms with van der Waals surface area (Å²) >= 11 is 0. The van der Waals surface area contributed by atoms with Crippen molar-refractivity contribution in [2.45, 2.75) is 32.6 Å². The lowest BCUT2D eigenvalue weighted by molar-refractivity contribution is -0.136. The fourth-order valence-corrected chi connectivity index (χ4v) is 2.02. The smallest absolute Gasteiger partial charge is 0.303 e. The fourth-order valence-electron chi connectivity index (χ4n) is 2.02. The first-order chi connectivity index (χ1) is 9.00. The Bertz CT molecular complexity index is 629. The van der Waals surface area contributed by atoms with Gasteiger partial charge in [-0.05, 0) is 12.1 Å². The molecule has 0 aliphatic carbocycles. The summed E-state index contributed by atoms with van der Waals surface area (Å²) in [6.07, 6.45) is -0.182. The average molecular weight is 260 g/mol. The maximum absolute atomic E-state index is 12.2. The molecule has 1 aromatic heterocycles. The number of carbonyl (C=O) groups is 2. The Hall–Kier alpha value is -2.17. The summed E-state index contributed by atoms with van der Waals surface area (Å²) in [5.74, 6) is -0.415. The van der Waals surface area contributed by atoms with Gasteiger partial charge < -0.3 is 5.11 Å². The van der Waals surface area contributed by atoms with Gasteiger partial charge in [-0.3, -0.25) is 14.2 Å². The molecule has 0 bridgehead atoms. The minimum atomic E-state index is -0.969. The van der Waals surface area contributed by atoms with E-state index in [1.165, 1.54) is 0 Å². The Morgan fingerprint density at radius 3 is 2.58 bits per heavy atom. The van der Waals surface area contributed by atoms with Gasteiger partial charge in [-0.1, -0.05) is 26.0 Å². The molecule has 5 nitrogen and oxygen atoms in total. The van der Waals surface area contributed by atoms with Gasteiger partial charge in [-0.2, -0.15) is 0 Å². The van der Waals surface area contributed by atoms with Crippen molar-refractivity contribution < 1.29 is 14.7 Å². The van der Waals surface area contributed by atoms with Crippen LogP contribution in [-0.4, -0.2) is 26.5 Å². The van der Waals surface area contributed by atoms with E-state index < -0.39 is 5.97 Å². The number of carbonyl (C=O) groups excluding carboxylic acids is 1. The third kappa shape index (κ3) is 2.65. The van der Waals surface area contributed by atoms with Crippen molar-refractivity contribution in [3.63, 3.8) is 0 Å². The number of aliphatic carboxylic acids is 1. The predicted molar refractivity (Wildman–Crippen MR) is 71.3 cm³/mol. The van der Waals surface area contributed by atoms with Crippen LogP contribution in [0.2, 0.25) is 0 Å². The highest BCUT2D eigenvalue weighted by Gasteiger charge is 2.19. The van der Waals surface area contributed by atoms with Gasteiger partial charge in [0.1, 0.15) is 5.82 Å². The summed E-state index contributed by atoms with van der Waals surface area (Å²) in [6.45, 7) is 3.92. The van der Waals surface area contributed by atoms with Gasteiger partial charge in [0, 0.05) is 12.3 Å². The van der Waals surface area contributed by atoms with Crippen LogP contribution in [0.3, 0.4) is 0 Å². The molecule has 0 saturated carbocycles. The summed E-state index contributed by atoms with van der Waals surface area (Å²) in [5, 5.41) is 8.67. The van der Waals surface area contributed by atoms with Crippen molar-refractivity contribution in [2.24, 2.45) is 0 Å². The van der Waals surface area contributed by atoms with Crippen LogP contribution in [-0.2, 0) is 4.79 Å². The second kappa shape index (κ2) is 5.22. The molecule has 0 spiro atoms. The number of fused-ring (bicyclic) bond motifs is 1. The van der Waals surface area contributed by atoms with E-state index in [4.69, 9.17) is 5.11 Å². The molecule has 0 fully saturated rings. The molecular weight excluding hydrogens is 244 g/mol. The SMILES string of the molecule is CC(C)c1nc2ccccc2n1C(=O)CCC(=O)O. The number of rotatable bonds is 4. The quantitative estimate of drug-likeness (QED) is 0.917. The van der Waals surface area contributed by atoms with Crippen molar-refractivity contribution in [1.82, 2.24) is 9.55 Å². The van der Waals surface area contributed by atoms with E-state index in [-0.39, 0.29) is 24.7 Å². The van der Waals surface area contributed by atoms with Crippen LogP contribution in [0, 0.1) is 0 Å². The first-order valence-corrected chi connectivity index (χ1v) is 6.23. The lowest BCUT2D eigenvalue weighted by atomic mass is 10.2. The number of carboxylic acid groups (broad SMARTS) is 1. The Morgan fingerprint density at radius 2 is 1.95 bits per heavy atom. The van der Waals surface area contributed by atoms with Gasteiger partial charge in [-0.15, -0.1) is 0 Å². The topological polar surface area (TPSA) is 72.2 Å². The number of hydrogen-bond acceptors (Lipinski definition) is 3. The van der Waals surface area contributed by atoms with Gasteiger partial charge >= 0.3 is 5.97 Å². The Balaban J connectivity index is 2.47. The Labute approximate surface area is 110 Å². The molecule has 1 N–H and O–H groups in total. The van der Waals surface area contributed by atoms with Crippen LogP contribution in [0.15, 0.2) is 24.3 Å². The number of imidazole rings is 1. The normalized spacial score (nSPS) is 11.1. The molecule has 2 aromatic rings. The van der Waals surface area contributed by atoms with Crippen molar-refractivity contribution >= 4 is 22.9 Å². The van der Waals surface area contributed by atoms with Crippen molar-refractivity contribution in [1.29, 1.82) is 0 Å². The number of carboxylic acids is 1. The predicted octanol–water partition coefficient (Wildman–Crippen LogP) is 2.66. The van der Waals surface area contributed by atoms with E-state index in [0.717, 1.165) is 11.0 Å². The van der Waals surface area contributed by atoms with E-state index in [9.17, 15) is 9.59 Å². The van der Waals surface area contributed by atoms with Crippen LogP contribution < -0.4 is 0 Å². The zero-order valence-electron chi connectivity index (χ0n) is 11.0. The van der Waals surface area contributed by atoms with Gasteiger partial charge in [0.15, 0.2) is 0 Å². The highest BCUT2D eigenvalue weighted by atomic mass is 16.4. The van der Waals surface area contributed by atoms with E-state index >= 15 is 0 Å². The first-order valence-electron chi connectivity index (χ1n) is 6.23. The molecule has 100 valence electrons. The van der Waals surface area contributed by atoms with E-state index in [2.05, 4.69) is 4.98 Å². The monoisotopic (exact) mass is 260 g/mol. The second-order valence-corrected chi connectivity index (χ2v) is 4.74. The summed E-state index contributed by atoms with van der Waals surface area (Å²) in [5.41, 5.74) is 1.50. The standard InChI is InChI=1S/C14H16N2O3/c1-9(2)14-15-10-5-3-4-6-11(10)16(14)12(17)7-8-13(18)19/h3-6,9H,7-8H2,1-2H3,(H,18,19). The first kappa shape index (κ1) is 13.3. The number of aromatic nitrogens is 2. The van der Waals surface area contributed by atoms with Crippen molar-refractivity contribution in [3.8, 4) is 0 Å². The Morgan fingerprint density at radius 1 is 1.26 bits per heavy atom. The molecule has 0 atom stereocenters. The third-order valence-electron chi connectivity index (χ3n) is 2.91. The van der Waals surface area contributed by atoms with E-state index in [1.807, 2.05) is 38.1 Å². The number of benzene rings is 1. The fraction of sp³-hybridized carbons (Fsp3) is 0.357. The van der Waals surface area contributed by atoms with Crippen molar-refractivity contribution in [3.05, 3.63) is 30.1 Å². The molecule has 1 aromatic carbocycles. The highest BCUT2D eigenvalue weighted by Crippen LogP contribution is 2.22. The van der Waals surface area contributed by atoms with Gasteiger partial charge in [-0.25, -0.2) is 4.98 Å². The summed E-state index contributed by atoms with van der Waals surface area (Å²) in [7, 11) is 0. The van der Waals surface area contributed by atoms with E-state index in [0.29, 0.717) is 5.82 Å². The third-order valence-corrected chi connectivity index (χ3v) is 2.91. The van der Waals surface area contributed by atoms with Gasteiger partial charge in [0.05, 0.1) is 17.5 Å². The van der Waals surface area contributed by atoms with Crippen LogP contribution >= 0.6 is 0 Å². The highest BCUT2D eigenvalue weighted by molar-refractivity contribution is 5.92. The zero-order valence-corrected chi connectivity index (χ0v) is 11.0. The molecule has 0 aliphatic rings. The Kier molecular flexibility index (Phi) is 3.64. The summed E-state index contributed by atoms with van der Waals surface area (Å²) in [4.78, 5) is 27.2. The minimum Gasteiger partial charge on any atom is -0.481 e. The maximum Gasteiger partial charge on any atom is 0.303 e.